The van der Waals surface area contributed by atoms with Crippen LogP contribution < -0.4 is 5.73 Å². The zero-order valence-electron chi connectivity index (χ0n) is 10.5. The Morgan fingerprint density at radius 3 is 2.78 bits per heavy atom. The molecule has 0 aliphatic carbocycles. The van der Waals surface area contributed by atoms with Crippen molar-refractivity contribution in [2.45, 2.75) is 12.6 Å². The fraction of sp³-hybridized carbons (Fsp3) is 0.462. The first-order valence-corrected chi connectivity index (χ1v) is 6.01. The van der Waals surface area contributed by atoms with Gasteiger partial charge in [-0.25, -0.2) is 4.39 Å². The third-order valence-electron chi connectivity index (χ3n) is 3.14. The van der Waals surface area contributed by atoms with Gasteiger partial charge in [-0.1, -0.05) is 18.2 Å². The zero-order chi connectivity index (χ0) is 13.1. The minimum atomic E-state index is -0.275. The summed E-state index contributed by atoms with van der Waals surface area (Å²) in [5.74, 6) is -0.284. The number of likely N-dealkylation sites (N-methyl/N-ethyl adjacent to an activating group) is 1. The number of nitrogens with zero attached hydrogens (tertiary/aromatic N) is 2. The Hall–Kier alpha value is -1.46. The first-order valence-electron chi connectivity index (χ1n) is 6.01. The Morgan fingerprint density at radius 2 is 2.17 bits per heavy atom. The average Bonchev–Trinajstić information content (AvgIpc) is 2.30. The van der Waals surface area contributed by atoms with E-state index in [4.69, 9.17) is 5.73 Å². The minimum absolute atomic E-state index is 0.00912. The summed E-state index contributed by atoms with van der Waals surface area (Å²) >= 11 is 0. The van der Waals surface area contributed by atoms with E-state index in [1.54, 1.807) is 30.1 Å². The number of carbonyl (C=O) groups excluding carboxylic acids is 1. The number of amides is 1. The number of hydrogen-bond donors (Lipinski definition) is 1. The SMILES string of the molecule is CN(Cc1ccccc1F)C(=O)CN1CC(N)C1. The number of rotatable bonds is 4. The van der Waals surface area contributed by atoms with Crippen molar-refractivity contribution in [1.29, 1.82) is 0 Å². The fourth-order valence-corrected chi connectivity index (χ4v) is 2.02. The van der Waals surface area contributed by atoms with Crippen molar-refractivity contribution >= 4 is 5.91 Å². The van der Waals surface area contributed by atoms with Crippen LogP contribution in [0.2, 0.25) is 0 Å². The molecule has 1 heterocycles. The quantitative estimate of drug-likeness (QED) is 0.844. The molecule has 0 aromatic heterocycles. The molecule has 1 aromatic rings. The number of halogens is 1. The van der Waals surface area contributed by atoms with Gasteiger partial charge < -0.3 is 10.6 Å². The minimum Gasteiger partial charge on any atom is -0.340 e. The monoisotopic (exact) mass is 251 g/mol. The molecule has 1 saturated heterocycles. The molecule has 2 N–H and O–H groups in total. The molecule has 1 amide bonds. The molecular formula is C13H18FN3O. The second-order valence-corrected chi connectivity index (χ2v) is 4.80. The van der Waals surface area contributed by atoms with Crippen molar-refractivity contribution in [2.75, 3.05) is 26.7 Å². The highest BCUT2D eigenvalue weighted by molar-refractivity contribution is 5.78. The van der Waals surface area contributed by atoms with Gasteiger partial charge in [-0.15, -0.1) is 0 Å². The number of likely N-dealkylation sites (tertiary alicyclic amines) is 1. The summed E-state index contributed by atoms with van der Waals surface area (Å²) < 4.78 is 13.4. The van der Waals surface area contributed by atoms with Gasteiger partial charge in [0, 0.05) is 38.3 Å². The van der Waals surface area contributed by atoms with Crippen LogP contribution in [0.3, 0.4) is 0 Å². The molecule has 98 valence electrons. The van der Waals surface area contributed by atoms with Crippen LogP contribution in [0.5, 0.6) is 0 Å². The lowest BCUT2D eigenvalue weighted by Crippen LogP contribution is -2.57. The van der Waals surface area contributed by atoms with Gasteiger partial charge in [-0.05, 0) is 6.07 Å². The van der Waals surface area contributed by atoms with Crippen molar-refractivity contribution in [3.63, 3.8) is 0 Å². The molecule has 0 bridgehead atoms. The molecule has 1 aromatic carbocycles. The molecule has 0 unspecified atom stereocenters. The predicted molar refractivity (Wildman–Crippen MR) is 67.3 cm³/mol. The molecule has 0 radical (unpaired) electrons. The number of benzene rings is 1. The molecule has 0 saturated carbocycles. The van der Waals surface area contributed by atoms with Gasteiger partial charge in [0.2, 0.25) is 5.91 Å². The highest BCUT2D eigenvalue weighted by atomic mass is 19.1. The maximum absolute atomic E-state index is 13.4. The van der Waals surface area contributed by atoms with E-state index in [0.717, 1.165) is 13.1 Å². The third kappa shape index (κ3) is 3.05. The zero-order valence-corrected chi connectivity index (χ0v) is 10.5. The maximum Gasteiger partial charge on any atom is 0.236 e. The standard InChI is InChI=1S/C13H18FN3O/c1-16(6-10-4-2-3-5-12(10)14)13(18)9-17-7-11(15)8-17/h2-5,11H,6-9,15H2,1H3. The van der Waals surface area contributed by atoms with Crippen molar-refractivity contribution in [3.05, 3.63) is 35.6 Å². The van der Waals surface area contributed by atoms with Crippen LogP contribution in [-0.2, 0) is 11.3 Å². The first kappa shape index (κ1) is 13.0. The van der Waals surface area contributed by atoms with E-state index in [-0.39, 0.29) is 17.8 Å². The Bertz CT molecular complexity index is 432. The summed E-state index contributed by atoms with van der Waals surface area (Å²) in [6.45, 7) is 2.18. The molecule has 0 atom stereocenters. The van der Waals surface area contributed by atoms with E-state index in [1.807, 2.05) is 4.90 Å². The summed E-state index contributed by atoms with van der Waals surface area (Å²) in [4.78, 5) is 15.4. The lowest BCUT2D eigenvalue weighted by atomic mass is 10.1. The molecule has 0 spiro atoms. The van der Waals surface area contributed by atoms with Crippen LogP contribution in [-0.4, -0.2) is 48.4 Å². The Labute approximate surface area is 106 Å². The van der Waals surface area contributed by atoms with Gasteiger partial charge in [0.25, 0.3) is 0 Å². The summed E-state index contributed by atoms with van der Waals surface area (Å²) in [6, 6.07) is 6.70. The Balaban J connectivity index is 1.86. The summed E-state index contributed by atoms with van der Waals surface area (Å²) in [6.07, 6.45) is 0. The van der Waals surface area contributed by atoms with Gasteiger partial charge in [0.15, 0.2) is 0 Å². The molecule has 5 heteroatoms. The van der Waals surface area contributed by atoms with Gasteiger partial charge in [0.1, 0.15) is 5.82 Å². The van der Waals surface area contributed by atoms with E-state index in [9.17, 15) is 9.18 Å². The Kier molecular flexibility index (Phi) is 3.93. The van der Waals surface area contributed by atoms with E-state index in [1.165, 1.54) is 6.07 Å². The second-order valence-electron chi connectivity index (χ2n) is 4.80. The second kappa shape index (κ2) is 5.46. The summed E-state index contributed by atoms with van der Waals surface area (Å²) in [5.41, 5.74) is 6.18. The van der Waals surface area contributed by atoms with Crippen LogP contribution >= 0.6 is 0 Å². The van der Waals surface area contributed by atoms with Crippen LogP contribution in [0.15, 0.2) is 24.3 Å². The summed E-state index contributed by atoms with van der Waals surface area (Å²) in [7, 11) is 1.69. The van der Waals surface area contributed by atoms with Crippen LogP contribution in [0, 0.1) is 5.82 Å². The van der Waals surface area contributed by atoms with E-state index < -0.39 is 0 Å². The largest absolute Gasteiger partial charge is 0.340 e. The average molecular weight is 251 g/mol. The Morgan fingerprint density at radius 1 is 1.50 bits per heavy atom. The highest BCUT2D eigenvalue weighted by Gasteiger charge is 2.25. The molecule has 4 nitrogen and oxygen atoms in total. The van der Waals surface area contributed by atoms with Gasteiger partial charge in [-0.3, -0.25) is 9.69 Å². The van der Waals surface area contributed by atoms with Crippen LogP contribution in [0.25, 0.3) is 0 Å². The number of hydrogen-bond acceptors (Lipinski definition) is 3. The first-order chi connectivity index (χ1) is 8.56. The molecule has 1 aliphatic heterocycles. The molecular weight excluding hydrogens is 233 g/mol. The normalized spacial score (nSPS) is 16.4. The molecule has 18 heavy (non-hydrogen) atoms. The molecule has 1 fully saturated rings. The van der Waals surface area contributed by atoms with Crippen LogP contribution in [0.1, 0.15) is 5.56 Å². The number of nitrogens with two attached hydrogens (primary N) is 1. The van der Waals surface area contributed by atoms with Gasteiger partial charge in [-0.2, -0.15) is 0 Å². The van der Waals surface area contributed by atoms with Crippen molar-refractivity contribution in [3.8, 4) is 0 Å². The smallest absolute Gasteiger partial charge is 0.236 e. The molecule has 1 aliphatic rings. The van der Waals surface area contributed by atoms with Gasteiger partial charge in [0.05, 0.1) is 6.54 Å². The van der Waals surface area contributed by atoms with Crippen molar-refractivity contribution in [2.24, 2.45) is 5.73 Å². The number of carbonyl (C=O) groups is 1. The lowest BCUT2D eigenvalue weighted by Gasteiger charge is -2.37. The highest BCUT2D eigenvalue weighted by Crippen LogP contribution is 2.10. The third-order valence-corrected chi connectivity index (χ3v) is 3.14. The van der Waals surface area contributed by atoms with E-state index in [2.05, 4.69) is 0 Å². The molecule has 2 rings (SSSR count). The lowest BCUT2D eigenvalue weighted by molar-refractivity contribution is -0.132. The summed E-state index contributed by atoms with van der Waals surface area (Å²) in [5, 5.41) is 0. The van der Waals surface area contributed by atoms with E-state index in [0.29, 0.717) is 18.7 Å². The maximum atomic E-state index is 13.4. The predicted octanol–water partition coefficient (Wildman–Crippen LogP) is 0.427. The topological polar surface area (TPSA) is 49.6 Å². The fourth-order valence-electron chi connectivity index (χ4n) is 2.02. The van der Waals surface area contributed by atoms with Crippen LogP contribution in [0.4, 0.5) is 4.39 Å². The van der Waals surface area contributed by atoms with E-state index >= 15 is 0 Å². The van der Waals surface area contributed by atoms with Crippen molar-refractivity contribution < 1.29 is 9.18 Å². The van der Waals surface area contributed by atoms with Crippen molar-refractivity contribution in [1.82, 2.24) is 9.80 Å². The van der Waals surface area contributed by atoms with Gasteiger partial charge >= 0.3 is 0 Å².